The fourth-order valence-corrected chi connectivity index (χ4v) is 13.9. The molecule has 1 aromatic heterocycles. The zero-order valence-corrected chi connectivity index (χ0v) is 39.7. The van der Waals surface area contributed by atoms with E-state index in [1.165, 1.54) is 97.4 Å². The number of thioether (sulfide) groups is 1. The molecule has 2 aliphatic heterocycles. The van der Waals surface area contributed by atoms with Gasteiger partial charge in [0.15, 0.2) is 5.84 Å². The van der Waals surface area contributed by atoms with Crippen LogP contribution in [0.2, 0.25) is 0 Å². The highest BCUT2D eigenvalue weighted by Crippen LogP contribution is 2.52. The Bertz CT molecular complexity index is 3660. The minimum atomic E-state index is -0.0942. The maximum absolute atomic E-state index is 5.76. The summed E-state index contributed by atoms with van der Waals surface area (Å²) in [5.74, 6) is 2.48. The van der Waals surface area contributed by atoms with Crippen molar-refractivity contribution in [2.24, 2.45) is 15.9 Å². The number of hydrogen-bond donors (Lipinski definition) is 0. The maximum atomic E-state index is 5.76. The van der Waals surface area contributed by atoms with Crippen molar-refractivity contribution in [3.63, 3.8) is 0 Å². The van der Waals surface area contributed by atoms with E-state index in [4.69, 9.17) is 9.98 Å². The summed E-state index contributed by atoms with van der Waals surface area (Å²) in [4.78, 5) is 12.7. The molecule has 13 rings (SSSR count). The Morgan fingerprint density at radius 3 is 2.01 bits per heavy atom. The molecule has 3 heterocycles. The highest BCUT2D eigenvalue weighted by molar-refractivity contribution is 7.98. The van der Waals surface area contributed by atoms with E-state index in [1.54, 1.807) is 0 Å². The van der Waals surface area contributed by atoms with Gasteiger partial charge < -0.3 is 0 Å². The maximum Gasteiger partial charge on any atom is 0.156 e. The summed E-state index contributed by atoms with van der Waals surface area (Å²) in [6.07, 6.45) is 0.909. The van der Waals surface area contributed by atoms with Crippen molar-refractivity contribution in [3.8, 4) is 44.5 Å². The van der Waals surface area contributed by atoms with E-state index in [0.29, 0.717) is 11.8 Å². The molecule has 0 radical (unpaired) electrons. The van der Waals surface area contributed by atoms with Crippen molar-refractivity contribution in [1.29, 1.82) is 0 Å². The summed E-state index contributed by atoms with van der Waals surface area (Å²) in [5.41, 5.74) is 20.4. The third kappa shape index (κ3) is 6.76. The molecular weight excluding hydrogens is 861 g/mol. The zero-order chi connectivity index (χ0) is 45.3. The number of nitrogens with zero attached hydrogens (tertiary/aromatic N) is 2. The Kier molecular flexibility index (Phi) is 10.2. The van der Waals surface area contributed by atoms with E-state index in [1.807, 2.05) is 23.1 Å². The molecule has 0 fully saturated rings. The van der Waals surface area contributed by atoms with E-state index in [2.05, 4.69) is 220 Å². The standard InChI is InChI=1S/C64H48N2S2/c1-3-45-62(41-20-8-5-9-21-41)65-64(52-25-13-11-22-48(52)51-27-16-31-58-61(51)53-26-14-15-29-56(53)68-58)66-63(45)54-28-17-30-57-60(54)47-35-33-42(36-44(47)38-67-57)43-32-34-46-39(2)59(40-18-6-4-7-19-40)50-24-12-10-23-49(50)55(46)37-43/h4-37,39,45,59,62H,3,38H2,1-2H3. The number of rotatable bonds is 7. The second-order valence-corrected chi connectivity index (χ2v) is 20.6. The summed E-state index contributed by atoms with van der Waals surface area (Å²) in [6, 6.07) is 76.5. The van der Waals surface area contributed by atoms with E-state index in [-0.39, 0.29) is 12.0 Å². The van der Waals surface area contributed by atoms with Gasteiger partial charge in [-0.2, -0.15) is 0 Å². The van der Waals surface area contributed by atoms with Crippen molar-refractivity contribution in [1.82, 2.24) is 0 Å². The van der Waals surface area contributed by atoms with Crippen LogP contribution in [-0.2, 0) is 5.75 Å². The van der Waals surface area contributed by atoms with Crippen molar-refractivity contribution >= 4 is 54.8 Å². The Labute approximate surface area is 406 Å². The van der Waals surface area contributed by atoms with Crippen LogP contribution in [0.5, 0.6) is 0 Å². The van der Waals surface area contributed by atoms with Crippen molar-refractivity contribution in [3.05, 3.63) is 245 Å². The van der Waals surface area contributed by atoms with Crippen LogP contribution < -0.4 is 0 Å². The van der Waals surface area contributed by atoms with Gasteiger partial charge in [-0.1, -0.05) is 190 Å². The van der Waals surface area contributed by atoms with Crippen LogP contribution in [0.15, 0.2) is 221 Å². The van der Waals surface area contributed by atoms with E-state index < -0.39 is 0 Å². The molecule has 4 atom stereocenters. The van der Waals surface area contributed by atoms with Crippen LogP contribution >= 0.6 is 23.1 Å². The molecule has 4 unspecified atom stereocenters. The first kappa shape index (κ1) is 41.1. The molecule has 0 saturated heterocycles. The lowest BCUT2D eigenvalue weighted by Crippen LogP contribution is -2.29. The predicted octanol–water partition coefficient (Wildman–Crippen LogP) is 17.6. The molecule has 3 aliphatic rings. The molecule has 68 heavy (non-hydrogen) atoms. The Morgan fingerprint density at radius 1 is 0.515 bits per heavy atom. The highest BCUT2D eigenvalue weighted by Gasteiger charge is 2.36. The topological polar surface area (TPSA) is 24.7 Å². The lowest BCUT2D eigenvalue weighted by atomic mass is 9.69. The summed E-state index contributed by atoms with van der Waals surface area (Å²) < 4.78 is 2.59. The minimum absolute atomic E-state index is 0.0842. The first-order chi connectivity index (χ1) is 33.6. The lowest BCUT2D eigenvalue weighted by Gasteiger charge is -2.34. The molecule has 0 bridgehead atoms. The second-order valence-electron chi connectivity index (χ2n) is 18.5. The van der Waals surface area contributed by atoms with Crippen LogP contribution in [-0.4, -0.2) is 11.5 Å². The highest BCUT2D eigenvalue weighted by atomic mass is 32.2. The smallest absolute Gasteiger partial charge is 0.156 e. The van der Waals surface area contributed by atoms with Crippen molar-refractivity contribution < 1.29 is 0 Å². The number of aliphatic imine (C=N–C) groups is 2. The minimum Gasteiger partial charge on any atom is -0.257 e. The van der Waals surface area contributed by atoms with Crippen LogP contribution in [0.1, 0.15) is 77.1 Å². The van der Waals surface area contributed by atoms with Gasteiger partial charge in [0, 0.05) is 59.3 Å². The fourth-order valence-electron chi connectivity index (χ4n) is 11.7. The van der Waals surface area contributed by atoms with Crippen LogP contribution in [0.4, 0.5) is 0 Å². The van der Waals surface area contributed by atoms with Crippen LogP contribution in [0.25, 0.3) is 64.7 Å². The quantitative estimate of drug-likeness (QED) is 0.156. The molecule has 10 aromatic rings. The molecule has 0 spiro atoms. The van der Waals surface area contributed by atoms with Crippen LogP contribution in [0.3, 0.4) is 0 Å². The Morgan fingerprint density at radius 2 is 1.18 bits per heavy atom. The van der Waals surface area contributed by atoms with Gasteiger partial charge in [-0.25, -0.2) is 4.99 Å². The van der Waals surface area contributed by atoms with Gasteiger partial charge in [0.1, 0.15) is 0 Å². The fraction of sp³-hybridized carbons (Fsp3) is 0.125. The third-order valence-electron chi connectivity index (χ3n) is 14.8. The average Bonchev–Trinajstić information content (AvgIpc) is 3.80. The van der Waals surface area contributed by atoms with Gasteiger partial charge in [0.2, 0.25) is 0 Å². The van der Waals surface area contributed by atoms with E-state index in [9.17, 15) is 0 Å². The summed E-state index contributed by atoms with van der Waals surface area (Å²) in [6.45, 7) is 4.70. The van der Waals surface area contributed by atoms with E-state index >= 15 is 0 Å². The molecular formula is C64H48N2S2. The summed E-state index contributed by atoms with van der Waals surface area (Å²) in [5, 5.41) is 2.59. The first-order valence-corrected chi connectivity index (χ1v) is 25.8. The number of amidine groups is 1. The molecule has 0 saturated carbocycles. The molecule has 0 N–H and O–H groups in total. The van der Waals surface area contributed by atoms with E-state index in [0.717, 1.165) is 34.8 Å². The number of thiophene rings is 1. The average molecular weight is 909 g/mol. The number of hydrogen-bond acceptors (Lipinski definition) is 4. The predicted molar refractivity (Wildman–Crippen MR) is 290 cm³/mol. The third-order valence-corrected chi connectivity index (χ3v) is 17.1. The Hall–Kier alpha value is -7.11. The summed E-state index contributed by atoms with van der Waals surface area (Å²) >= 11 is 3.81. The molecule has 2 nitrogen and oxygen atoms in total. The van der Waals surface area contributed by atoms with Gasteiger partial charge in [0.25, 0.3) is 0 Å². The van der Waals surface area contributed by atoms with Gasteiger partial charge in [-0.05, 0) is 109 Å². The molecule has 0 amide bonds. The van der Waals surface area contributed by atoms with Crippen molar-refractivity contribution in [2.75, 3.05) is 0 Å². The van der Waals surface area contributed by atoms with Crippen LogP contribution in [0, 0.1) is 5.92 Å². The van der Waals surface area contributed by atoms with Gasteiger partial charge in [-0.15, -0.1) is 23.1 Å². The second kappa shape index (κ2) is 16.9. The summed E-state index contributed by atoms with van der Waals surface area (Å²) in [7, 11) is 0. The molecule has 4 heteroatoms. The number of fused-ring (bicyclic) bond motifs is 9. The lowest BCUT2D eigenvalue weighted by molar-refractivity contribution is 0.532. The van der Waals surface area contributed by atoms with Gasteiger partial charge in [-0.3, -0.25) is 4.99 Å². The van der Waals surface area contributed by atoms with Gasteiger partial charge >= 0.3 is 0 Å². The van der Waals surface area contributed by atoms with Gasteiger partial charge in [0.05, 0.1) is 11.8 Å². The zero-order valence-electron chi connectivity index (χ0n) is 38.1. The molecule has 326 valence electrons. The Balaban J connectivity index is 0.929. The largest absolute Gasteiger partial charge is 0.257 e. The SMILES string of the molecule is CCC1C(c2cccc3c2-c2ccc(-c4ccc5c(c4)-c4ccccc4C(c4ccccc4)C5C)cc2CS3)=NC(c2ccccc2-c2cccc3sc4ccccc4c23)=NC1c1ccccc1. The monoisotopic (exact) mass is 908 g/mol. The molecule has 1 aliphatic carbocycles. The number of benzene rings is 9. The van der Waals surface area contributed by atoms with Crippen molar-refractivity contribution in [2.45, 2.75) is 48.8 Å². The normalized spacial score (nSPS) is 18.3. The molecule has 9 aromatic carbocycles. The first-order valence-electron chi connectivity index (χ1n) is 24.0.